The van der Waals surface area contributed by atoms with Gasteiger partial charge in [-0.2, -0.15) is 5.26 Å². The topological polar surface area (TPSA) is 110 Å². The van der Waals surface area contributed by atoms with Crippen LogP contribution >= 0.6 is 0 Å². The number of nitrogens with zero attached hydrogens (tertiary/aromatic N) is 2. The van der Waals surface area contributed by atoms with E-state index in [1.807, 2.05) is 24.3 Å². The molecule has 8 nitrogen and oxygen atoms in total. The number of rotatable bonds is 4. The Morgan fingerprint density at radius 3 is 2.74 bits per heavy atom. The van der Waals surface area contributed by atoms with Gasteiger partial charge in [-0.3, -0.25) is 4.79 Å². The van der Waals surface area contributed by atoms with Gasteiger partial charge in [0.2, 0.25) is 5.91 Å². The van der Waals surface area contributed by atoms with Gasteiger partial charge in [0.25, 0.3) is 0 Å². The molecule has 1 saturated carbocycles. The van der Waals surface area contributed by atoms with Gasteiger partial charge < -0.3 is 20.5 Å². The number of hydrazine groups is 1. The molecular weight excluding hydrogens is 430 g/mol. The molecule has 4 N–H and O–H groups in total. The molecule has 4 fully saturated rings. The molecule has 0 bridgehead atoms. The predicted molar refractivity (Wildman–Crippen MR) is 128 cm³/mol. The first-order valence-corrected chi connectivity index (χ1v) is 12.7. The molecule has 1 aromatic carbocycles. The van der Waals surface area contributed by atoms with Gasteiger partial charge in [-0.1, -0.05) is 26.0 Å². The van der Waals surface area contributed by atoms with Crippen LogP contribution in [0.3, 0.4) is 0 Å². The molecule has 5 rings (SSSR count). The third kappa shape index (κ3) is 4.42. The highest BCUT2D eigenvalue weighted by Gasteiger charge is 2.51. The number of carbonyl (C=O) groups excluding carboxylic acids is 1. The Kier molecular flexibility index (Phi) is 6.32. The Hall–Kier alpha value is -2.18. The summed E-state index contributed by atoms with van der Waals surface area (Å²) in [4.78, 5) is 12.9. The minimum absolute atomic E-state index is 0.0123. The van der Waals surface area contributed by atoms with Gasteiger partial charge >= 0.3 is 0 Å². The first-order chi connectivity index (χ1) is 16.3. The minimum atomic E-state index is -0.787. The number of fused-ring (bicyclic) bond motifs is 1. The number of nitrogens with one attached hydrogen (secondary N) is 3. The molecule has 3 aliphatic heterocycles. The van der Waals surface area contributed by atoms with Crippen LogP contribution in [0.2, 0.25) is 0 Å². The average molecular weight is 468 g/mol. The number of amides is 1. The van der Waals surface area contributed by atoms with Crippen LogP contribution in [-0.2, 0) is 15.1 Å². The molecule has 5 unspecified atom stereocenters. The van der Waals surface area contributed by atoms with Gasteiger partial charge in [0, 0.05) is 24.9 Å². The number of benzene rings is 1. The lowest BCUT2D eigenvalue weighted by Crippen LogP contribution is -2.56. The van der Waals surface area contributed by atoms with Crippen molar-refractivity contribution in [3.8, 4) is 6.07 Å². The summed E-state index contributed by atoms with van der Waals surface area (Å²) in [6.45, 7) is 6.19. The van der Waals surface area contributed by atoms with Crippen molar-refractivity contribution in [1.29, 1.82) is 5.26 Å². The molecule has 1 aromatic rings. The Bertz CT molecular complexity index is 945. The fraction of sp³-hybridized carbons (Fsp3) is 0.692. The van der Waals surface area contributed by atoms with E-state index < -0.39 is 5.60 Å². The number of anilines is 1. The van der Waals surface area contributed by atoms with Crippen LogP contribution in [0.1, 0.15) is 57.9 Å². The molecule has 6 atom stereocenters. The maximum Gasteiger partial charge on any atom is 0.228 e. The van der Waals surface area contributed by atoms with E-state index in [9.17, 15) is 15.2 Å². The molecular formula is C26H37N5O3. The van der Waals surface area contributed by atoms with Crippen molar-refractivity contribution in [2.75, 3.05) is 25.1 Å². The molecule has 0 radical (unpaired) electrons. The number of hydrogen-bond donors (Lipinski definition) is 4. The van der Waals surface area contributed by atoms with E-state index in [1.165, 1.54) is 0 Å². The Labute approximate surface area is 202 Å². The number of hydrogen-bond acceptors (Lipinski definition) is 7. The highest BCUT2D eigenvalue weighted by atomic mass is 16.5. The fourth-order valence-electron chi connectivity index (χ4n) is 6.58. The third-order valence-electron chi connectivity index (χ3n) is 8.27. The van der Waals surface area contributed by atoms with E-state index in [2.05, 4.69) is 41.0 Å². The van der Waals surface area contributed by atoms with Gasteiger partial charge in [-0.25, -0.2) is 10.4 Å². The summed E-state index contributed by atoms with van der Waals surface area (Å²) in [7, 11) is 0. The van der Waals surface area contributed by atoms with Crippen LogP contribution in [0.15, 0.2) is 24.3 Å². The SMILES string of the molecule is CC1(C)CCCC(O)(c2ccc(NC3NN(C4COCC[C@@H]4C#N)C4CCNC(=O)C34)cc2)C1. The fourth-order valence-corrected chi connectivity index (χ4v) is 6.58. The molecule has 8 heteroatoms. The minimum Gasteiger partial charge on any atom is -0.385 e. The largest absolute Gasteiger partial charge is 0.385 e. The normalized spacial score (nSPS) is 37.9. The predicted octanol–water partition coefficient (Wildman–Crippen LogP) is 2.47. The van der Waals surface area contributed by atoms with E-state index in [4.69, 9.17) is 4.74 Å². The molecule has 184 valence electrons. The van der Waals surface area contributed by atoms with Crippen molar-refractivity contribution in [1.82, 2.24) is 15.8 Å². The number of carbonyl (C=O) groups is 1. The van der Waals surface area contributed by atoms with Gasteiger partial charge in [0.1, 0.15) is 6.17 Å². The summed E-state index contributed by atoms with van der Waals surface area (Å²) >= 11 is 0. The second-order valence-electron chi connectivity index (χ2n) is 11.3. The molecule has 0 aromatic heterocycles. The number of ether oxygens (including phenoxy) is 1. The van der Waals surface area contributed by atoms with Gasteiger partial charge in [-0.05, 0) is 61.6 Å². The monoisotopic (exact) mass is 467 g/mol. The zero-order valence-electron chi connectivity index (χ0n) is 20.2. The Morgan fingerprint density at radius 1 is 1.21 bits per heavy atom. The Balaban J connectivity index is 1.33. The van der Waals surface area contributed by atoms with Crippen LogP contribution in [0.25, 0.3) is 0 Å². The van der Waals surface area contributed by atoms with E-state index in [-0.39, 0.29) is 41.4 Å². The highest BCUT2D eigenvalue weighted by molar-refractivity contribution is 5.82. The summed E-state index contributed by atoms with van der Waals surface area (Å²) in [5.41, 5.74) is 4.72. The van der Waals surface area contributed by atoms with Crippen LogP contribution in [0, 0.1) is 28.6 Å². The zero-order valence-corrected chi connectivity index (χ0v) is 20.2. The number of aliphatic hydroxyl groups is 1. The standard InChI is InChI=1S/C26H37N5O3/c1-25(2)10-3-11-26(33,16-25)18-4-6-19(7-5-18)29-23-22-20(8-12-28-24(22)32)31(30-23)21-15-34-13-9-17(21)14-27/h4-7,17,20-23,29-30,33H,3,8-13,15-16H2,1-2H3,(H,28,32)/t17-,20?,21?,22?,23?,26?/m1/s1. The molecule has 34 heavy (non-hydrogen) atoms. The van der Waals surface area contributed by atoms with Crippen molar-refractivity contribution in [2.45, 2.75) is 76.2 Å². The lowest BCUT2D eigenvalue weighted by atomic mass is 9.67. The molecule has 3 heterocycles. The van der Waals surface area contributed by atoms with Gasteiger partial charge in [0.05, 0.1) is 36.2 Å². The maximum absolute atomic E-state index is 12.9. The third-order valence-corrected chi connectivity index (χ3v) is 8.27. The molecule has 1 aliphatic carbocycles. The molecule has 3 saturated heterocycles. The summed E-state index contributed by atoms with van der Waals surface area (Å²) in [6, 6.07) is 10.4. The highest BCUT2D eigenvalue weighted by Crippen LogP contribution is 2.46. The van der Waals surface area contributed by atoms with E-state index in [0.717, 1.165) is 43.4 Å². The lowest BCUT2D eigenvalue weighted by Gasteiger charge is -2.42. The van der Waals surface area contributed by atoms with Crippen LogP contribution in [0.4, 0.5) is 5.69 Å². The summed E-state index contributed by atoms with van der Waals surface area (Å²) in [5.74, 6) is -0.354. The lowest BCUT2D eigenvalue weighted by molar-refractivity contribution is -0.128. The smallest absolute Gasteiger partial charge is 0.228 e. The number of nitriles is 1. The summed E-state index contributed by atoms with van der Waals surface area (Å²) in [6.07, 6.45) is 4.98. The second kappa shape index (κ2) is 9.12. The quantitative estimate of drug-likeness (QED) is 0.539. The maximum atomic E-state index is 12.9. The van der Waals surface area contributed by atoms with Crippen molar-refractivity contribution in [2.24, 2.45) is 17.3 Å². The molecule has 1 amide bonds. The van der Waals surface area contributed by atoms with Crippen LogP contribution in [0.5, 0.6) is 0 Å². The zero-order chi connectivity index (χ0) is 23.9. The summed E-state index contributed by atoms with van der Waals surface area (Å²) in [5, 5.41) is 29.7. The average Bonchev–Trinajstić information content (AvgIpc) is 3.18. The first kappa shape index (κ1) is 23.6. The molecule has 4 aliphatic rings. The van der Waals surface area contributed by atoms with E-state index in [1.54, 1.807) is 0 Å². The Morgan fingerprint density at radius 2 is 2.00 bits per heavy atom. The van der Waals surface area contributed by atoms with Crippen molar-refractivity contribution < 1.29 is 14.6 Å². The van der Waals surface area contributed by atoms with Crippen molar-refractivity contribution in [3.05, 3.63) is 29.8 Å². The summed E-state index contributed by atoms with van der Waals surface area (Å²) < 4.78 is 5.70. The molecule has 0 spiro atoms. The second-order valence-corrected chi connectivity index (χ2v) is 11.3. The van der Waals surface area contributed by atoms with Crippen molar-refractivity contribution >= 4 is 11.6 Å². The number of piperidine rings is 1. The van der Waals surface area contributed by atoms with Crippen LogP contribution < -0.4 is 16.1 Å². The van der Waals surface area contributed by atoms with Crippen molar-refractivity contribution in [3.63, 3.8) is 0 Å². The van der Waals surface area contributed by atoms with Gasteiger partial charge in [-0.15, -0.1) is 0 Å². The van der Waals surface area contributed by atoms with E-state index >= 15 is 0 Å². The van der Waals surface area contributed by atoms with Crippen LogP contribution in [-0.4, -0.2) is 54.0 Å². The first-order valence-electron chi connectivity index (χ1n) is 12.7. The van der Waals surface area contributed by atoms with E-state index in [0.29, 0.717) is 26.2 Å². The van der Waals surface area contributed by atoms with Gasteiger partial charge in [0.15, 0.2) is 0 Å².